The Morgan fingerprint density at radius 2 is 1.83 bits per heavy atom. The van der Waals surface area contributed by atoms with Gasteiger partial charge < -0.3 is 4.90 Å². The molecule has 2 aromatic rings. The van der Waals surface area contributed by atoms with Gasteiger partial charge in [-0.2, -0.15) is 5.06 Å². The van der Waals surface area contributed by atoms with Crippen molar-refractivity contribution >= 4 is 35.0 Å². The standard InChI is InChI=1S/C16H12Cl2N2O3/c17-11-6-7-12(13(18)8-11)15-19(9-14(21)20(15)23)16(22)10-4-2-1-3-5-10/h1-8,15,23H,9H2. The lowest BCUT2D eigenvalue weighted by molar-refractivity contribution is -0.168. The molecule has 5 nitrogen and oxygen atoms in total. The van der Waals surface area contributed by atoms with Crippen LogP contribution in [0.2, 0.25) is 10.0 Å². The summed E-state index contributed by atoms with van der Waals surface area (Å²) in [6, 6.07) is 13.2. The van der Waals surface area contributed by atoms with Crippen LogP contribution in [0.4, 0.5) is 0 Å². The van der Waals surface area contributed by atoms with E-state index in [0.29, 0.717) is 21.2 Å². The van der Waals surface area contributed by atoms with Crippen LogP contribution < -0.4 is 0 Å². The number of nitrogens with zero attached hydrogens (tertiary/aromatic N) is 2. The molecule has 2 aromatic carbocycles. The minimum Gasteiger partial charge on any atom is -0.302 e. The van der Waals surface area contributed by atoms with Crippen LogP contribution in [-0.2, 0) is 4.79 Å². The molecule has 0 aliphatic carbocycles. The second-order valence-electron chi connectivity index (χ2n) is 5.08. The van der Waals surface area contributed by atoms with E-state index in [1.54, 1.807) is 42.5 Å². The summed E-state index contributed by atoms with van der Waals surface area (Å²) in [4.78, 5) is 25.8. The smallest absolute Gasteiger partial charge is 0.267 e. The molecule has 0 aromatic heterocycles. The highest BCUT2D eigenvalue weighted by molar-refractivity contribution is 6.35. The first-order valence-corrected chi connectivity index (χ1v) is 7.56. The van der Waals surface area contributed by atoms with Gasteiger partial charge in [-0.05, 0) is 24.3 Å². The van der Waals surface area contributed by atoms with Gasteiger partial charge in [0.05, 0.1) is 0 Å². The number of rotatable bonds is 2. The van der Waals surface area contributed by atoms with Crippen LogP contribution in [0.3, 0.4) is 0 Å². The molecule has 1 aliphatic rings. The fourth-order valence-electron chi connectivity index (χ4n) is 2.51. The van der Waals surface area contributed by atoms with Gasteiger partial charge in [0.1, 0.15) is 6.54 Å². The molecule has 1 heterocycles. The number of carbonyl (C=O) groups is 2. The van der Waals surface area contributed by atoms with Crippen molar-refractivity contribution in [2.75, 3.05) is 6.54 Å². The van der Waals surface area contributed by atoms with Crippen molar-refractivity contribution in [2.24, 2.45) is 0 Å². The van der Waals surface area contributed by atoms with Crippen molar-refractivity contribution in [1.82, 2.24) is 9.96 Å². The van der Waals surface area contributed by atoms with Gasteiger partial charge in [-0.1, -0.05) is 47.5 Å². The molecule has 3 rings (SSSR count). The van der Waals surface area contributed by atoms with Crippen LogP contribution in [0.1, 0.15) is 22.1 Å². The van der Waals surface area contributed by atoms with E-state index in [1.165, 1.54) is 11.0 Å². The summed E-state index contributed by atoms with van der Waals surface area (Å²) in [5, 5.41) is 11.3. The maximum atomic E-state index is 12.7. The van der Waals surface area contributed by atoms with E-state index in [0.717, 1.165) is 0 Å². The highest BCUT2D eigenvalue weighted by Gasteiger charge is 2.42. The summed E-state index contributed by atoms with van der Waals surface area (Å²) in [7, 11) is 0. The average molecular weight is 351 g/mol. The molecule has 0 saturated carbocycles. The average Bonchev–Trinajstić information content (AvgIpc) is 2.83. The largest absolute Gasteiger partial charge is 0.302 e. The number of halogens is 2. The lowest BCUT2D eigenvalue weighted by Crippen LogP contribution is -2.34. The topological polar surface area (TPSA) is 60.9 Å². The zero-order valence-corrected chi connectivity index (χ0v) is 13.3. The normalized spacial score (nSPS) is 17.7. The van der Waals surface area contributed by atoms with Gasteiger partial charge in [0.15, 0.2) is 6.17 Å². The Labute approximate surface area is 142 Å². The molecule has 1 N–H and O–H groups in total. The molecule has 1 fully saturated rings. The zero-order valence-electron chi connectivity index (χ0n) is 11.8. The van der Waals surface area contributed by atoms with E-state index in [1.807, 2.05) is 0 Å². The maximum absolute atomic E-state index is 12.7. The van der Waals surface area contributed by atoms with Gasteiger partial charge in [0, 0.05) is 21.2 Å². The fourth-order valence-corrected chi connectivity index (χ4v) is 3.02. The third kappa shape index (κ3) is 2.91. The van der Waals surface area contributed by atoms with Crippen LogP contribution in [0.15, 0.2) is 48.5 Å². The molecule has 0 bridgehead atoms. The van der Waals surface area contributed by atoms with Gasteiger partial charge in [0.2, 0.25) is 0 Å². The van der Waals surface area contributed by atoms with Crippen molar-refractivity contribution < 1.29 is 14.8 Å². The van der Waals surface area contributed by atoms with Crippen molar-refractivity contribution in [2.45, 2.75) is 6.17 Å². The SMILES string of the molecule is O=C1CN(C(=O)c2ccccc2)C(c2ccc(Cl)cc2Cl)N1O. The summed E-state index contributed by atoms with van der Waals surface area (Å²) in [6.07, 6.45) is -0.986. The number of hydroxylamine groups is 2. The number of carbonyl (C=O) groups excluding carboxylic acids is 2. The van der Waals surface area contributed by atoms with Gasteiger partial charge >= 0.3 is 0 Å². The van der Waals surface area contributed by atoms with Crippen molar-refractivity contribution in [3.05, 3.63) is 69.7 Å². The molecule has 1 unspecified atom stereocenters. The first kappa shape index (κ1) is 15.8. The minimum atomic E-state index is -0.986. The Morgan fingerprint density at radius 3 is 2.48 bits per heavy atom. The number of benzene rings is 2. The monoisotopic (exact) mass is 350 g/mol. The molecule has 2 amide bonds. The summed E-state index contributed by atoms with van der Waals surface area (Å²) in [5.41, 5.74) is 0.847. The molecule has 23 heavy (non-hydrogen) atoms. The first-order valence-electron chi connectivity index (χ1n) is 6.81. The lowest BCUT2D eigenvalue weighted by atomic mass is 10.1. The van der Waals surface area contributed by atoms with E-state index in [-0.39, 0.29) is 17.5 Å². The summed E-state index contributed by atoms with van der Waals surface area (Å²) in [5.74, 6) is -0.947. The zero-order chi connectivity index (χ0) is 16.6. The van der Waals surface area contributed by atoms with Gasteiger partial charge in [-0.25, -0.2) is 0 Å². The molecule has 0 radical (unpaired) electrons. The fraction of sp³-hybridized carbons (Fsp3) is 0.125. The highest BCUT2D eigenvalue weighted by Crippen LogP contribution is 2.35. The maximum Gasteiger partial charge on any atom is 0.267 e. The highest BCUT2D eigenvalue weighted by atomic mass is 35.5. The van der Waals surface area contributed by atoms with Crippen molar-refractivity contribution in [3.63, 3.8) is 0 Å². The number of hydrogen-bond donors (Lipinski definition) is 1. The molecule has 1 saturated heterocycles. The van der Waals surface area contributed by atoms with Gasteiger partial charge in [-0.15, -0.1) is 0 Å². The Morgan fingerprint density at radius 1 is 1.13 bits per heavy atom. The molecular weight excluding hydrogens is 339 g/mol. The predicted octanol–water partition coefficient (Wildman–Crippen LogP) is 3.37. The van der Waals surface area contributed by atoms with E-state index in [2.05, 4.69) is 0 Å². The van der Waals surface area contributed by atoms with E-state index in [9.17, 15) is 14.8 Å². The van der Waals surface area contributed by atoms with Crippen LogP contribution in [0, 0.1) is 0 Å². The third-order valence-electron chi connectivity index (χ3n) is 3.61. The van der Waals surface area contributed by atoms with Crippen LogP contribution >= 0.6 is 23.2 Å². The van der Waals surface area contributed by atoms with Crippen molar-refractivity contribution in [3.8, 4) is 0 Å². The number of hydrogen-bond acceptors (Lipinski definition) is 3. The molecule has 1 atom stereocenters. The van der Waals surface area contributed by atoms with Gasteiger partial charge in [-0.3, -0.25) is 14.8 Å². The second-order valence-corrected chi connectivity index (χ2v) is 5.92. The molecule has 0 spiro atoms. The summed E-state index contributed by atoms with van der Waals surface area (Å²) < 4.78 is 0. The van der Waals surface area contributed by atoms with Gasteiger partial charge in [0.25, 0.3) is 11.8 Å². The quantitative estimate of drug-likeness (QED) is 0.844. The molecule has 7 heteroatoms. The van der Waals surface area contributed by atoms with Crippen LogP contribution in [0.25, 0.3) is 0 Å². The second kappa shape index (κ2) is 6.20. The van der Waals surface area contributed by atoms with E-state index >= 15 is 0 Å². The minimum absolute atomic E-state index is 0.228. The third-order valence-corrected chi connectivity index (χ3v) is 4.17. The Kier molecular flexibility index (Phi) is 4.26. The first-order chi connectivity index (χ1) is 11.0. The van der Waals surface area contributed by atoms with E-state index < -0.39 is 12.1 Å². The van der Waals surface area contributed by atoms with Crippen LogP contribution in [-0.4, -0.2) is 33.5 Å². The van der Waals surface area contributed by atoms with Crippen molar-refractivity contribution in [1.29, 1.82) is 0 Å². The Balaban J connectivity index is 2.02. The summed E-state index contributed by atoms with van der Waals surface area (Å²) >= 11 is 12.0. The van der Waals surface area contributed by atoms with E-state index in [4.69, 9.17) is 23.2 Å². The molecule has 1 aliphatic heterocycles. The Hall–Kier alpha value is -2.08. The summed E-state index contributed by atoms with van der Waals surface area (Å²) in [6.45, 7) is -0.228. The molecule has 118 valence electrons. The number of amides is 2. The lowest BCUT2D eigenvalue weighted by Gasteiger charge is -2.27. The Bertz CT molecular complexity index is 767. The van der Waals surface area contributed by atoms with Crippen LogP contribution in [0.5, 0.6) is 0 Å². The molecular formula is C16H12Cl2N2O3. The predicted molar refractivity (Wildman–Crippen MR) is 85.3 cm³/mol.